The van der Waals surface area contributed by atoms with E-state index in [1.165, 1.54) is 0 Å². The third-order valence-corrected chi connectivity index (χ3v) is 2.42. The minimum Gasteiger partial charge on any atom is -0.354 e. The van der Waals surface area contributed by atoms with Crippen LogP contribution >= 0.6 is 0 Å². The molecule has 0 aromatic carbocycles. The van der Waals surface area contributed by atoms with E-state index in [0.29, 0.717) is 24.7 Å². The van der Waals surface area contributed by atoms with E-state index in [0.717, 1.165) is 0 Å². The maximum atomic E-state index is 11.7. The van der Waals surface area contributed by atoms with Crippen molar-refractivity contribution in [3.63, 3.8) is 0 Å². The van der Waals surface area contributed by atoms with Gasteiger partial charge in [0, 0.05) is 13.0 Å². The highest BCUT2D eigenvalue weighted by atomic mass is 16.5. The first-order chi connectivity index (χ1) is 7.80. The van der Waals surface area contributed by atoms with Crippen molar-refractivity contribution in [2.24, 2.45) is 11.1 Å². The Labute approximate surface area is 101 Å². The van der Waals surface area contributed by atoms with Gasteiger partial charge in [-0.2, -0.15) is 4.98 Å². The van der Waals surface area contributed by atoms with E-state index in [4.69, 9.17) is 10.3 Å². The summed E-state index contributed by atoms with van der Waals surface area (Å²) in [5.41, 5.74) is 5.57. The Morgan fingerprint density at radius 1 is 1.53 bits per heavy atom. The molecule has 3 N–H and O–H groups in total. The predicted molar refractivity (Wildman–Crippen MR) is 63.2 cm³/mol. The molecule has 1 rings (SSSR count). The van der Waals surface area contributed by atoms with Crippen LogP contribution in [0.5, 0.6) is 0 Å². The normalized spacial score (nSPS) is 13.5. The van der Waals surface area contributed by atoms with Crippen LogP contribution in [-0.2, 0) is 11.2 Å². The number of hydrogen-bond donors (Lipinski definition) is 2. The van der Waals surface area contributed by atoms with E-state index < -0.39 is 6.04 Å². The molecule has 1 amide bonds. The molecule has 1 heterocycles. The summed E-state index contributed by atoms with van der Waals surface area (Å²) in [5, 5.41) is 6.42. The number of rotatable bonds is 4. The SMILES string of the molecule is Cc1noc(CCNC(=O)[C@H](N)C(C)(C)C)n1. The molecule has 6 heteroatoms. The van der Waals surface area contributed by atoms with Crippen LogP contribution in [0.4, 0.5) is 0 Å². The number of carbonyl (C=O) groups is 1. The maximum Gasteiger partial charge on any atom is 0.237 e. The Hall–Kier alpha value is -1.43. The largest absolute Gasteiger partial charge is 0.354 e. The first-order valence-corrected chi connectivity index (χ1v) is 5.63. The zero-order valence-electron chi connectivity index (χ0n) is 10.8. The fourth-order valence-corrected chi connectivity index (χ4v) is 1.24. The average Bonchev–Trinajstić information content (AvgIpc) is 2.61. The molecule has 0 radical (unpaired) electrons. The summed E-state index contributed by atoms with van der Waals surface area (Å²) in [6, 6.07) is -0.521. The van der Waals surface area contributed by atoms with Gasteiger partial charge in [0.25, 0.3) is 0 Å². The predicted octanol–water partition coefficient (Wildman–Crippen LogP) is 0.410. The standard InChI is InChI=1S/C11H20N4O2/c1-7-14-8(17-15-7)5-6-13-10(16)9(12)11(2,3)4/h9H,5-6,12H2,1-4H3,(H,13,16)/t9-/m0/s1. The summed E-state index contributed by atoms with van der Waals surface area (Å²) in [5.74, 6) is 0.957. The van der Waals surface area contributed by atoms with Crippen LogP contribution in [0.3, 0.4) is 0 Å². The van der Waals surface area contributed by atoms with Gasteiger partial charge in [-0.15, -0.1) is 0 Å². The molecule has 0 spiro atoms. The van der Waals surface area contributed by atoms with E-state index in [9.17, 15) is 4.79 Å². The van der Waals surface area contributed by atoms with Crippen LogP contribution in [-0.4, -0.2) is 28.6 Å². The molecule has 0 unspecified atom stereocenters. The maximum absolute atomic E-state index is 11.7. The summed E-state index contributed by atoms with van der Waals surface area (Å²) >= 11 is 0. The molecule has 0 aliphatic rings. The van der Waals surface area contributed by atoms with Crippen molar-refractivity contribution in [1.29, 1.82) is 0 Å². The Morgan fingerprint density at radius 3 is 2.65 bits per heavy atom. The summed E-state index contributed by atoms with van der Waals surface area (Å²) in [6.45, 7) is 7.99. The lowest BCUT2D eigenvalue weighted by atomic mass is 9.87. The van der Waals surface area contributed by atoms with Gasteiger partial charge in [0.15, 0.2) is 5.82 Å². The van der Waals surface area contributed by atoms with Gasteiger partial charge in [0.1, 0.15) is 0 Å². The lowest BCUT2D eigenvalue weighted by molar-refractivity contribution is -0.124. The molecule has 0 aliphatic carbocycles. The van der Waals surface area contributed by atoms with E-state index in [1.54, 1.807) is 6.92 Å². The van der Waals surface area contributed by atoms with Crippen LogP contribution in [0.2, 0.25) is 0 Å². The number of nitrogens with zero attached hydrogens (tertiary/aromatic N) is 2. The molecule has 1 aromatic rings. The quantitative estimate of drug-likeness (QED) is 0.795. The highest BCUT2D eigenvalue weighted by Gasteiger charge is 2.27. The van der Waals surface area contributed by atoms with Gasteiger partial charge in [0.05, 0.1) is 6.04 Å². The van der Waals surface area contributed by atoms with Crippen molar-refractivity contribution in [3.05, 3.63) is 11.7 Å². The molecular weight excluding hydrogens is 220 g/mol. The Balaban J connectivity index is 2.34. The Kier molecular flexibility index (Phi) is 4.22. The molecule has 6 nitrogen and oxygen atoms in total. The molecule has 0 fully saturated rings. The molecule has 0 saturated heterocycles. The van der Waals surface area contributed by atoms with E-state index in [-0.39, 0.29) is 11.3 Å². The van der Waals surface area contributed by atoms with Crippen molar-refractivity contribution in [2.45, 2.75) is 40.2 Å². The highest BCUT2D eigenvalue weighted by molar-refractivity contribution is 5.82. The molecule has 1 atom stereocenters. The second kappa shape index (κ2) is 5.27. The fraction of sp³-hybridized carbons (Fsp3) is 0.727. The van der Waals surface area contributed by atoms with Gasteiger partial charge in [0.2, 0.25) is 11.8 Å². The van der Waals surface area contributed by atoms with Gasteiger partial charge in [-0.25, -0.2) is 0 Å². The smallest absolute Gasteiger partial charge is 0.237 e. The fourth-order valence-electron chi connectivity index (χ4n) is 1.24. The summed E-state index contributed by atoms with van der Waals surface area (Å²) < 4.78 is 4.93. The second-order valence-electron chi connectivity index (χ2n) is 5.12. The van der Waals surface area contributed by atoms with E-state index in [2.05, 4.69) is 15.5 Å². The lowest BCUT2D eigenvalue weighted by Gasteiger charge is -2.25. The summed E-state index contributed by atoms with van der Waals surface area (Å²) in [6.07, 6.45) is 0.517. The number of aryl methyl sites for hydroxylation is 1. The van der Waals surface area contributed by atoms with Gasteiger partial charge in [-0.1, -0.05) is 25.9 Å². The number of nitrogens with two attached hydrogens (primary N) is 1. The summed E-state index contributed by atoms with van der Waals surface area (Å²) in [7, 11) is 0. The van der Waals surface area contributed by atoms with Crippen molar-refractivity contribution in [1.82, 2.24) is 15.5 Å². The van der Waals surface area contributed by atoms with Gasteiger partial charge in [-0.05, 0) is 12.3 Å². The number of carbonyl (C=O) groups excluding carboxylic acids is 1. The first-order valence-electron chi connectivity index (χ1n) is 5.63. The van der Waals surface area contributed by atoms with E-state index in [1.807, 2.05) is 20.8 Å². The zero-order valence-corrected chi connectivity index (χ0v) is 10.8. The summed E-state index contributed by atoms with van der Waals surface area (Å²) in [4.78, 5) is 15.7. The minimum absolute atomic E-state index is 0.159. The number of aromatic nitrogens is 2. The Morgan fingerprint density at radius 2 is 2.18 bits per heavy atom. The van der Waals surface area contributed by atoms with Gasteiger partial charge in [-0.3, -0.25) is 4.79 Å². The third kappa shape index (κ3) is 4.14. The van der Waals surface area contributed by atoms with Crippen LogP contribution in [0.1, 0.15) is 32.5 Å². The highest BCUT2D eigenvalue weighted by Crippen LogP contribution is 2.16. The number of amides is 1. The zero-order chi connectivity index (χ0) is 13.1. The molecular formula is C11H20N4O2. The molecule has 0 saturated carbocycles. The first kappa shape index (κ1) is 13.6. The van der Waals surface area contributed by atoms with Gasteiger partial charge >= 0.3 is 0 Å². The molecule has 0 bridgehead atoms. The average molecular weight is 240 g/mol. The molecule has 0 aliphatic heterocycles. The van der Waals surface area contributed by atoms with Crippen LogP contribution in [0, 0.1) is 12.3 Å². The topological polar surface area (TPSA) is 94.0 Å². The lowest BCUT2D eigenvalue weighted by Crippen LogP contribution is -2.49. The molecule has 96 valence electrons. The van der Waals surface area contributed by atoms with Crippen LogP contribution in [0.25, 0.3) is 0 Å². The van der Waals surface area contributed by atoms with Crippen molar-refractivity contribution < 1.29 is 9.32 Å². The number of hydrogen-bond acceptors (Lipinski definition) is 5. The number of nitrogens with one attached hydrogen (secondary N) is 1. The second-order valence-corrected chi connectivity index (χ2v) is 5.12. The van der Waals surface area contributed by atoms with Gasteiger partial charge < -0.3 is 15.6 Å². The molecule has 1 aromatic heterocycles. The van der Waals surface area contributed by atoms with E-state index >= 15 is 0 Å². The third-order valence-electron chi connectivity index (χ3n) is 2.42. The van der Waals surface area contributed by atoms with Crippen molar-refractivity contribution >= 4 is 5.91 Å². The van der Waals surface area contributed by atoms with Crippen molar-refractivity contribution in [3.8, 4) is 0 Å². The minimum atomic E-state index is -0.521. The Bertz CT molecular complexity index is 381. The monoisotopic (exact) mass is 240 g/mol. The van der Waals surface area contributed by atoms with Crippen molar-refractivity contribution in [2.75, 3.05) is 6.54 Å². The van der Waals surface area contributed by atoms with Crippen LogP contribution < -0.4 is 11.1 Å². The van der Waals surface area contributed by atoms with Crippen LogP contribution in [0.15, 0.2) is 4.52 Å². The molecule has 17 heavy (non-hydrogen) atoms.